The number of nitrogens with one attached hydrogen (secondary N) is 1. The van der Waals surface area contributed by atoms with Crippen LogP contribution < -0.4 is 5.32 Å². The Balaban J connectivity index is 1.50. The monoisotopic (exact) mass is 331 g/mol. The minimum Gasteiger partial charge on any atom is -0.459 e. The van der Waals surface area contributed by atoms with E-state index in [9.17, 15) is 4.79 Å². The Morgan fingerprint density at radius 3 is 2.64 bits per heavy atom. The fourth-order valence-electron chi connectivity index (χ4n) is 2.80. The van der Waals surface area contributed by atoms with E-state index in [4.69, 9.17) is 4.42 Å². The molecule has 4 rings (SSSR count). The molecule has 0 saturated carbocycles. The van der Waals surface area contributed by atoms with Crippen LogP contribution >= 0.6 is 0 Å². The van der Waals surface area contributed by atoms with E-state index in [2.05, 4.69) is 10.4 Å². The Kier molecular flexibility index (Phi) is 3.82. The average molecular weight is 331 g/mol. The highest BCUT2D eigenvalue weighted by Crippen LogP contribution is 2.18. The predicted molar refractivity (Wildman–Crippen MR) is 95.7 cm³/mol. The van der Waals surface area contributed by atoms with Crippen LogP contribution in [0.15, 0.2) is 71.1 Å². The molecule has 0 bridgehead atoms. The summed E-state index contributed by atoms with van der Waals surface area (Å²) in [6.07, 6.45) is 0. The zero-order valence-electron chi connectivity index (χ0n) is 13.8. The normalized spacial score (nSPS) is 10.9. The lowest BCUT2D eigenvalue weighted by atomic mass is 10.2. The van der Waals surface area contributed by atoms with Crippen molar-refractivity contribution >= 4 is 16.9 Å². The van der Waals surface area contributed by atoms with Gasteiger partial charge in [0.15, 0.2) is 5.69 Å². The number of nitrogens with zero attached hydrogens (tertiary/aromatic N) is 2. The fraction of sp³-hybridized carbons (Fsp3) is 0.100. The number of carbonyl (C=O) groups excluding carboxylic acids is 1. The van der Waals surface area contributed by atoms with Crippen LogP contribution in [0.3, 0.4) is 0 Å². The van der Waals surface area contributed by atoms with Gasteiger partial charge in [0, 0.05) is 11.1 Å². The Bertz CT molecular complexity index is 998. The smallest absolute Gasteiger partial charge is 0.272 e. The van der Waals surface area contributed by atoms with E-state index >= 15 is 0 Å². The first-order valence-corrected chi connectivity index (χ1v) is 8.08. The van der Waals surface area contributed by atoms with E-state index < -0.39 is 0 Å². The Labute approximate surface area is 144 Å². The molecule has 25 heavy (non-hydrogen) atoms. The molecule has 0 aliphatic rings. The molecule has 2 aromatic heterocycles. The molecule has 0 fully saturated rings. The second-order valence-electron chi connectivity index (χ2n) is 5.85. The van der Waals surface area contributed by atoms with Gasteiger partial charge in [0.25, 0.3) is 5.91 Å². The molecule has 2 heterocycles. The molecule has 0 radical (unpaired) electrons. The molecule has 0 atom stereocenters. The number of furan rings is 1. The van der Waals surface area contributed by atoms with E-state index in [1.165, 1.54) is 0 Å². The Morgan fingerprint density at radius 1 is 1.08 bits per heavy atom. The van der Waals surface area contributed by atoms with Crippen LogP contribution in [0.4, 0.5) is 0 Å². The summed E-state index contributed by atoms with van der Waals surface area (Å²) in [5.74, 6) is 0.493. The van der Waals surface area contributed by atoms with Crippen molar-refractivity contribution in [2.75, 3.05) is 0 Å². The topological polar surface area (TPSA) is 60.1 Å². The van der Waals surface area contributed by atoms with Crippen molar-refractivity contribution in [3.63, 3.8) is 0 Å². The van der Waals surface area contributed by atoms with E-state index in [1.54, 1.807) is 10.7 Å². The third-order valence-electron chi connectivity index (χ3n) is 4.02. The molecule has 0 unspecified atom stereocenters. The van der Waals surface area contributed by atoms with Gasteiger partial charge in [-0.25, -0.2) is 4.68 Å². The summed E-state index contributed by atoms with van der Waals surface area (Å²) in [5, 5.41) is 8.29. The summed E-state index contributed by atoms with van der Waals surface area (Å²) < 4.78 is 7.47. The van der Waals surface area contributed by atoms with Crippen LogP contribution in [0.5, 0.6) is 0 Å². The molecule has 4 aromatic rings. The van der Waals surface area contributed by atoms with Gasteiger partial charge in [-0.1, -0.05) is 36.4 Å². The number of amides is 1. The maximum absolute atomic E-state index is 12.4. The summed E-state index contributed by atoms with van der Waals surface area (Å²) in [6, 6.07) is 21.2. The zero-order valence-corrected chi connectivity index (χ0v) is 13.8. The number of aryl methyl sites for hydroxylation is 1. The van der Waals surface area contributed by atoms with Gasteiger partial charge in [0.2, 0.25) is 0 Å². The second kappa shape index (κ2) is 6.28. The predicted octanol–water partition coefficient (Wildman–Crippen LogP) is 3.86. The standard InChI is InChI=1S/C20H17N3O2/c1-14-11-18(22-23(14)16-8-3-2-4-9-16)20(24)21-13-17-12-15-7-5-6-10-19(15)25-17/h2-12H,13H2,1H3,(H,21,24). The summed E-state index contributed by atoms with van der Waals surface area (Å²) >= 11 is 0. The highest BCUT2D eigenvalue weighted by atomic mass is 16.3. The lowest BCUT2D eigenvalue weighted by Crippen LogP contribution is -2.23. The largest absolute Gasteiger partial charge is 0.459 e. The van der Waals surface area contributed by atoms with Crippen molar-refractivity contribution in [1.29, 1.82) is 0 Å². The van der Waals surface area contributed by atoms with E-state index in [0.29, 0.717) is 18.0 Å². The molecule has 1 N–H and O–H groups in total. The first kappa shape index (κ1) is 15.2. The number of hydrogen-bond acceptors (Lipinski definition) is 3. The molecular formula is C20H17N3O2. The van der Waals surface area contributed by atoms with Crippen LogP contribution in [0.1, 0.15) is 21.9 Å². The highest BCUT2D eigenvalue weighted by molar-refractivity contribution is 5.92. The Hall–Kier alpha value is -3.34. The number of fused-ring (bicyclic) bond motifs is 1. The van der Waals surface area contributed by atoms with E-state index in [-0.39, 0.29) is 5.91 Å². The number of benzene rings is 2. The van der Waals surface area contributed by atoms with Gasteiger partial charge >= 0.3 is 0 Å². The molecule has 0 aliphatic heterocycles. The molecule has 1 amide bonds. The summed E-state index contributed by atoms with van der Waals surface area (Å²) in [6.45, 7) is 2.25. The first-order chi connectivity index (χ1) is 12.2. The molecular weight excluding hydrogens is 314 g/mol. The number of carbonyl (C=O) groups is 1. The molecule has 5 heteroatoms. The summed E-state index contributed by atoms with van der Waals surface area (Å²) in [7, 11) is 0. The number of aromatic nitrogens is 2. The fourth-order valence-corrected chi connectivity index (χ4v) is 2.80. The Morgan fingerprint density at radius 2 is 1.84 bits per heavy atom. The first-order valence-electron chi connectivity index (χ1n) is 8.08. The van der Waals surface area contributed by atoms with Crippen molar-refractivity contribution in [2.45, 2.75) is 13.5 Å². The highest BCUT2D eigenvalue weighted by Gasteiger charge is 2.14. The van der Waals surface area contributed by atoms with Gasteiger partial charge in [-0.2, -0.15) is 5.10 Å². The van der Waals surface area contributed by atoms with Crippen LogP contribution in [0.2, 0.25) is 0 Å². The lowest BCUT2D eigenvalue weighted by Gasteiger charge is -2.03. The minimum absolute atomic E-state index is 0.224. The molecule has 5 nitrogen and oxygen atoms in total. The molecule has 0 spiro atoms. The van der Waals surface area contributed by atoms with E-state index in [1.807, 2.05) is 67.6 Å². The van der Waals surface area contributed by atoms with Crippen molar-refractivity contribution < 1.29 is 9.21 Å². The van der Waals surface area contributed by atoms with Crippen molar-refractivity contribution in [2.24, 2.45) is 0 Å². The zero-order chi connectivity index (χ0) is 17.2. The summed E-state index contributed by atoms with van der Waals surface area (Å²) in [5.41, 5.74) is 3.03. The molecule has 2 aromatic carbocycles. The van der Waals surface area contributed by atoms with Gasteiger partial charge < -0.3 is 9.73 Å². The lowest BCUT2D eigenvalue weighted by molar-refractivity contribution is 0.0943. The van der Waals surface area contributed by atoms with Gasteiger partial charge in [0.1, 0.15) is 11.3 Å². The quantitative estimate of drug-likeness (QED) is 0.618. The third kappa shape index (κ3) is 3.04. The third-order valence-corrected chi connectivity index (χ3v) is 4.02. The molecule has 0 aliphatic carbocycles. The number of para-hydroxylation sites is 2. The van der Waals surface area contributed by atoms with Crippen LogP contribution in [-0.4, -0.2) is 15.7 Å². The second-order valence-corrected chi connectivity index (χ2v) is 5.85. The van der Waals surface area contributed by atoms with Gasteiger partial charge in [-0.3, -0.25) is 4.79 Å². The molecule has 0 saturated heterocycles. The number of hydrogen-bond donors (Lipinski definition) is 1. The maximum Gasteiger partial charge on any atom is 0.272 e. The van der Waals surface area contributed by atoms with Crippen LogP contribution in [0.25, 0.3) is 16.7 Å². The summed E-state index contributed by atoms with van der Waals surface area (Å²) in [4.78, 5) is 12.4. The van der Waals surface area contributed by atoms with Crippen LogP contribution in [0, 0.1) is 6.92 Å². The average Bonchev–Trinajstić information content (AvgIpc) is 3.23. The molecule has 124 valence electrons. The number of rotatable bonds is 4. The van der Waals surface area contributed by atoms with Crippen molar-refractivity contribution in [3.8, 4) is 5.69 Å². The van der Waals surface area contributed by atoms with Crippen molar-refractivity contribution in [1.82, 2.24) is 15.1 Å². The van der Waals surface area contributed by atoms with Gasteiger partial charge in [0.05, 0.1) is 12.2 Å². The van der Waals surface area contributed by atoms with Gasteiger partial charge in [-0.15, -0.1) is 0 Å². The van der Waals surface area contributed by atoms with Gasteiger partial charge in [-0.05, 0) is 37.3 Å². The van der Waals surface area contributed by atoms with E-state index in [0.717, 1.165) is 22.4 Å². The SMILES string of the molecule is Cc1cc(C(=O)NCc2cc3ccccc3o2)nn1-c1ccccc1. The minimum atomic E-state index is -0.224. The van der Waals surface area contributed by atoms with Crippen LogP contribution in [-0.2, 0) is 6.54 Å². The van der Waals surface area contributed by atoms with Crippen molar-refractivity contribution in [3.05, 3.63) is 83.9 Å². The maximum atomic E-state index is 12.4.